The van der Waals surface area contributed by atoms with Gasteiger partial charge in [-0.3, -0.25) is 0 Å². The third-order valence-electron chi connectivity index (χ3n) is 2.30. The van der Waals surface area contributed by atoms with Gasteiger partial charge in [0.1, 0.15) is 11.8 Å². The minimum Gasteiger partial charge on any atom is -0.391 e. The first-order valence-electron chi connectivity index (χ1n) is 4.47. The van der Waals surface area contributed by atoms with Gasteiger partial charge in [-0.1, -0.05) is 17.3 Å². The Labute approximate surface area is 81.3 Å². The molecule has 1 heterocycles. The average molecular weight is 192 g/mol. The maximum absolute atomic E-state index is 9.39. The Kier molecular flexibility index (Phi) is 2.23. The van der Waals surface area contributed by atoms with Crippen molar-refractivity contribution in [3.63, 3.8) is 0 Å². The highest BCUT2D eigenvalue weighted by Gasteiger charge is 2.16. The summed E-state index contributed by atoms with van der Waals surface area (Å²) in [5.41, 5.74) is 7.37. The number of aromatic nitrogens is 1. The minimum atomic E-state index is -0.600. The van der Waals surface area contributed by atoms with Gasteiger partial charge >= 0.3 is 0 Å². The first-order valence-corrected chi connectivity index (χ1v) is 4.47. The van der Waals surface area contributed by atoms with E-state index in [4.69, 9.17) is 10.3 Å². The zero-order valence-corrected chi connectivity index (χ0v) is 7.84. The molecule has 1 aromatic heterocycles. The van der Waals surface area contributed by atoms with Crippen molar-refractivity contribution in [3.05, 3.63) is 30.0 Å². The lowest BCUT2D eigenvalue weighted by molar-refractivity contribution is 0.164. The molecule has 0 fully saturated rings. The van der Waals surface area contributed by atoms with E-state index in [2.05, 4.69) is 5.16 Å². The van der Waals surface area contributed by atoms with Crippen molar-refractivity contribution in [2.75, 3.05) is 0 Å². The van der Waals surface area contributed by atoms with Crippen molar-refractivity contribution in [2.24, 2.45) is 5.73 Å². The lowest BCUT2D eigenvalue weighted by Gasteiger charge is -2.14. The predicted octanol–water partition coefficient (Wildman–Crippen LogP) is 1.21. The van der Waals surface area contributed by atoms with E-state index in [0.717, 1.165) is 16.5 Å². The highest BCUT2D eigenvalue weighted by atomic mass is 16.5. The lowest BCUT2D eigenvalue weighted by Crippen LogP contribution is -2.23. The number of nitrogens with two attached hydrogens (primary N) is 1. The number of hydrogen-bond donors (Lipinski definition) is 2. The van der Waals surface area contributed by atoms with Gasteiger partial charge in [-0.2, -0.15) is 0 Å². The molecule has 4 nitrogen and oxygen atoms in total. The highest BCUT2D eigenvalue weighted by molar-refractivity contribution is 5.81. The maximum atomic E-state index is 9.39. The van der Waals surface area contributed by atoms with Crippen molar-refractivity contribution in [2.45, 2.75) is 19.1 Å². The van der Waals surface area contributed by atoms with Gasteiger partial charge in [-0.05, 0) is 13.0 Å². The fourth-order valence-electron chi connectivity index (χ4n) is 1.45. The second kappa shape index (κ2) is 3.40. The van der Waals surface area contributed by atoms with Gasteiger partial charge in [-0.15, -0.1) is 0 Å². The Morgan fingerprint density at radius 1 is 1.50 bits per heavy atom. The van der Waals surface area contributed by atoms with Crippen LogP contribution < -0.4 is 5.73 Å². The van der Waals surface area contributed by atoms with Crippen LogP contribution in [0.3, 0.4) is 0 Å². The van der Waals surface area contributed by atoms with Crippen molar-refractivity contribution in [1.82, 2.24) is 5.16 Å². The Morgan fingerprint density at radius 2 is 2.29 bits per heavy atom. The van der Waals surface area contributed by atoms with Gasteiger partial charge in [0, 0.05) is 10.9 Å². The van der Waals surface area contributed by atoms with Gasteiger partial charge in [-0.25, -0.2) is 0 Å². The average Bonchev–Trinajstić information content (AvgIpc) is 2.63. The monoisotopic (exact) mass is 192 g/mol. The van der Waals surface area contributed by atoms with Crippen LogP contribution in [0.2, 0.25) is 0 Å². The Hall–Kier alpha value is -1.39. The van der Waals surface area contributed by atoms with E-state index < -0.39 is 12.1 Å². The summed E-state index contributed by atoms with van der Waals surface area (Å²) in [6, 6.07) is 5.19. The van der Waals surface area contributed by atoms with E-state index in [1.54, 1.807) is 13.2 Å². The van der Waals surface area contributed by atoms with Gasteiger partial charge in [0.25, 0.3) is 0 Å². The van der Waals surface area contributed by atoms with Crippen LogP contribution >= 0.6 is 0 Å². The molecule has 2 atom stereocenters. The quantitative estimate of drug-likeness (QED) is 0.750. The molecule has 0 saturated heterocycles. The SMILES string of the molecule is CC(O)C(N)c1cccc2conc12. The standard InChI is InChI=1S/C10H12N2O2/c1-6(13)9(11)8-4-2-3-7-5-14-12-10(7)8/h2-6,9,13H,11H2,1H3. The Balaban J connectivity index is 2.56. The smallest absolute Gasteiger partial charge is 0.131 e. The Bertz CT molecular complexity index is 436. The molecular weight excluding hydrogens is 180 g/mol. The molecule has 74 valence electrons. The summed E-state index contributed by atoms with van der Waals surface area (Å²) in [5.74, 6) is 0. The zero-order chi connectivity index (χ0) is 10.1. The van der Waals surface area contributed by atoms with E-state index in [0.29, 0.717) is 0 Å². The fraction of sp³-hybridized carbons (Fsp3) is 0.300. The number of fused-ring (bicyclic) bond motifs is 1. The minimum absolute atomic E-state index is 0.427. The van der Waals surface area contributed by atoms with Crippen molar-refractivity contribution in [1.29, 1.82) is 0 Å². The summed E-state index contributed by atoms with van der Waals surface area (Å²) >= 11 is 0. The van der Waals surface area contributed by atoms with E-state index in [1.165, 1.54) is 0 Å². The van der Waals surface area contributed by atoms with Crippen molar-refractivity contribution < 1.29 is 9.63 Å². The van der Waals surface area contributed by atoms with Gasteiger partial charge in [0.15, 0.2) is 0 Å². The number of hydrogen-bond acceptors (Lipinski definition) is 4. The largest absolute Gasteiger partial charge is 0.391 e. The molecule has 0 aliphatic carbocycles. The predicted molar refractivity (Wildman–Crippen MR) is 52.6 cm³/mol. The summed E-state index contributed by atoms with van der Waals surface area (Å²) in [6.07, 6.45) is 0.963. The molecule has 2 unspecified atom stereocenters. The zero-order valence-electron chi connectivity index (χ0n) is 7.84. The highest BCUT2D eigenvalue weighted by Crippen LogP contribution is 2.23. The maximum Gasteiger partial charge on any atom is 0.131 e. The molecule has 1 aromatic carbocycles. The van der Waals surface area contributed by atoms with Gasteiger partial charge in [0.05, 0.1) is 12.1 Å². The molecule has 3 N–H and O–H groups in total. The van der Waals surface area contributed by atoms with Gasteiger partial charge < -0.3 is 15.4 Å². The molecule has 0 aliphatic rings. The molecule has 4 heteroatoms. The second-order valence-electron chi connectivity index (χ2n) is 3.37. The third kappa shape index (κ3) is 1.38. The van der Waals surface area contributed by atoms with Crippen LogP contribution in [-0.2, 0) is 0 Å². The Morgan fingerprint density at radius 3 is 3.00 bits per heavy atom. The summed E-state index contributed by atoms with van der Waals surface area (Å²) < 4.78 is 4.85. The summed E-state index contributed by atoms with van der Waals surface area (Å²) in [5, 5.41) is 14.1. The lowest BCUT2D eigenvalue weighted by atomic mass is 10.0. The number of nitrogens with zero attached hydrogens (tertiary/aromatic N) is 1. The molecule has 2 aromatic rings. The summed E-state index contributed by atoms with van der Waals surface area (Å²) in [6.45, 7) is 1.66. The topological polar surface area (TPSA) is 72.3 Å². The first-order chi connectivity index (χ1) is 6.70. The summed E-state index contributed by atoms with van der Waals surface area (Å²) in [7, 11) is 0. The van der Waals surface area contributed by atoms with E-state index in [-0.39, 0.29) is 0 Å². The molecular formula is C10H12N2O2. The molecule has 14 heavy (non-hydrogen) atoms. The van der Waals surface area contributed by atoms with E-state index in [1.807, 2.05) is 18.2 Å². The van der Waals surface area contributed by atoms with E-state index in [9.17, 15) is 5.11 Å². The van der Waals surface area contributed by atoms with Crippen LogP contribution in [0, 0.1) is 0 Å². The van der Waals surface area contributed by atoms with Crippen LogP contribution in [0.1, 0.15) is 18.5 Å². The molecule has 0 bridgehead atoms. The van der Waals surface area contributed by atoms with Gasteiger partial charge in [0.2, 0.25) is 0 Å². The number of aliphatic hydroxyl groups excluding tert-OH is 1. The number of benzene rings is 1. The van der Waals surface area contributed by atoms with Crippen LogP contribution in [-0.4, -0.2) is 16.4 Å². The number of aliphatic hydroxyl groups is 1. The van der Waals surface area contributed by atoms with Crippen molar-refractivity contribution >= 4 is 10.9 Å². The first kappa shape index (κ1) is 9.18. The van der Waals surface area contributed by atoms with Crippen LogP contribution in [0.15, 0.2) is 29.0 Å². The molecule has 0 spiro atoms. The summed E-state index contributed by atoms with van der Waals surface area (Å²) in [4.78, 5) is 0. The molecule has 0 radical (unpaired) electrons. The van der Waals surface area contributed by atoms with Crippen LogP contribution in [0.4, 0.5) is 0 Å². The van der Waals surface area contributed by atoms with Crippen molar-refractivity contribution in [3.8, 4) is 0 Å². The third-order valence-corrected chi connectivity index (χ3v) is 2.30. The molecule has 2 rings (SSSR count). The second-order valence-corrected chi connectivity index (χ2v) is 3.37. The van der Waals surface area contributed by atoms with E-state index >= 15 is 0 Å². The molecule has 0 amide bonds. The fourth-order valence-corrected chi connectivity index (χ4v) is 1.45. The normalized spacial score (nSPS) is 15.6. The van der Waals surface area contributed by atoms with Crippen LogP contribution in [0.5, 0.6) is 0 Å². The van der Waals surface area contributed by atoms with Crippen LogP contribution in [0.25, 0.3) is 10.9 Å². The molecule has 0 saturated carbocycles. The molecule has 0 aliphatic heterocycles. The number of rotatable bonds is 2.